The fourth-order valence-corrected chi connectivity index (χ4v) is 3.19. The number of methoxy groups -OCH3 is 2. The maximum atomic E-state index is 12.9. The van der Waals surface area contributed by atoms with Crippen LogP contribution in [0.4, 0.5) is 5.69 Å². The van der Waals surface area contributed by atoms with Gasteiger partial charge in [-0.2, -0.15) is 5.11 Å². The Morgan fingerprint density at radius 2 is 1.87 bits per heavy atom. The standard InChI is InChI=1S/C21H19N5O4/c1-11-4-5-12(17-10-22-26-25-17)7-15(11)23-20(27)14-6-13-8-18(29-2)19(30-3)9-16(13)24-21(14)28/h4-9H,10H2,1-3H3,(H,23,27)(H,24,28). The van der Waals surface area contributed by atoms with E-state index in [0.717, 1.165) is 16.8 Å². The number of hydrogen-bond acceptors (Lipinski definition) is 7. The second kappa shape index (κ2) is 7.78. The molecule has 1 aliphatic rings. The van der Waals surface area contributed by atoms with Crippen LogP contribution in [0.5, 0.6) is 11.5 Å². The van der Waals surface area contributed by atoms with Crippen molar-refractivity contribution in [2.45, 2.75) is 6.92 Å². The smallest absolute Gasteiger partial charge is 0.261 e. The van der Waals surface area contributed by atoms with E-state index in [1.54, 1.807) is 18.2 Å². The van der Waals surface area contributed by atoms with Gasteiger partial charge in [0.25, 0.3) is 11.5 Å². The lowest BCUT2D eigenvalue weighted by Crippen LogP contribution is -2.23. The number of benzene rings is 2. The number of pyridine rings is 1. The molecule has 0 unspecified atom stereocenters. The predicted octanol–water partition coefficient (Wildman–Crippen LogP) is 3.28. The fourth-order valence-electron chi connectivity index (χ4n) is 3.19. The Kier molecular flexibility index (Phi) is 5.01. The van der Waals surface area contributed by atoms with Gasteiger partial charge in [-0.25, -0.2) is 0 Å². The van der Waals surface area contributed by atoms with Crippen molar-refractivity contribution in [3.63, 3.8) is 0 Å². The highest BCUT2D eigenvalue weighted by atomic mass is 16.5. The fraction of sp³-hybridized carbons (Fsp3) is 0.190. The number of H-pyrrole nitrogens is 1. The Morgan fingerprint density at radius 3 is 2.57 bits per heavy atom. The van der Waals surface area contributed by atoms with Gasteiger partial charge in [0.2, 0.25) is 0 Å². The summed E-state index contributed by atoms with van der Waals surface area (Å²) < 4.78 is 10.6. The molecule has 9 nitrogen and oxygen atoms in total. The molecule has 0 fully saturated rings. The third kappa shape index (κ3) is 3.52. The lowest BCUT2D eigenvalue weighted by atomic mass is 10.1. The Bertz CT molecular complexity index is 1280. The van der Waals surface area contributed by atoms with Crippen molar-refractivity contribution in [3.8, 4) is 11.5 Å². The summed E-state index contributed by atoms with van der Waals surface area (Å²) >= 11 is 0. The quantitative estimate of drug-likeness (QED) is 0.677. The van der Waals surface area contributed by atoms with Crippen LogP contribution in [0.2, 0.25) is 0 Å². The van der Waals surface area contributed by atoms with Gasteiger partial charge in [0.15, 0.2) is 11.5 Å². The van der Waals surface area contributed by atoms with E-state index in [1.807, 2.05) is 19.1 Å². The van der Waals surface area contributed by atoms with Crippen LogP contribution in [0, 0.1) is 6.92 Å². The van der Waals surface area contributed by atoms with Crippen LogP contribution < -0.4 is 20.3 Å². The summed E-state index contributed by atoms with van der Waals surface area (Å²) in [6, 6.07) is 10.5. The van der Waals surface area contributed by atoms with Crippen molar-refractivity contribution in [3.05, 3.63) is 63.4 Å². The zero-order valence-electron chi connectivity index (χ0n) is 16.6. The number of fused-ring (bicyclic) bond motifs is 1. The molecule has 0 saturated heterocycles. The number of anilines is 1. The van der Waals surface area contributed by atoms with Crippen LogP contribution >= 0.6 is 0 Å². The molecule has 0 atom stereocenters. The Hall–Kier alpha value is -4.01. The van der Waals surface area contributed by atoms with E-state index in [4.69, 9.17) is 9.47 Å². The first kappa shape index (κ1) is 19.3. The van der Waals surface area contributed by atoms with E-state index in [0.29, 0.717) is 34.6 Å². The van der Waals surface area contributed by atoms with Crippen LogP contribution in [0.25, 0.3) is 10.9 Å². The largest absolute Gasteiger partial charge is 0.493 e. The molecule has 2 N–H and O–H groups in total. The second-order valence-corrected chi connectivity index (χ2v) is 6.73. The first-order valence-corrected chi connectivity index (χ1v) is 9.15. The number of carbonyl (C=O) groups excluding carboxylic acids is 1. The van der Waals surface area contributed by atoms with Crippen molar-refractivity contribution in [2.75, 3.05) is 26.1 Å². The minimum Gasteiger partial charge on any atom is -0.493 e. The summed E-state index contributed by atoms with van der Waals surface area (Å²) in [5.74, 6) is 0.467. The topological polar surface area (TPSA) is 117 Å². The molecule has 3 aromatic rings. The summed E-state index contributed by atoms with van der Waals surface area (Å²) in [6.45, 7) is 2.26. The number of nitrogens with one attached hydrogen (secondary N) is 2. The van der Waals surface area contributed by atoms with Gasteiger partial charge in [-0.3, -0.25) is 9.59 Å². The van der Waals surface area contributed by atoms with Crippen molar-refractivity contribution >= 4 is 28.2 Å². The normalized spacial score (nSPS) is 12.7. The maximum Gasteiger partial charge on any atom is 0.261 e. The molecule has 0 radical (unpaired) electrons. The molecule has 9 heteroatoms. The number of aromatic amines is 1. The minimum atomic E-state index is -0.518. The van der Waals surface area contributed by atoms with Gasteiger partial charge in [0.1, 0.15) is 12.1 Å². The molecule has 1 amide bonds. The van der Waals surface area contributed by atoms with Gasteiger partial charge < -0.3 is 19.8 Å². The predicted molar refractivity (Wildman–Crippen MR) is 113 cm³/mol. The van der Waals surface area contributed by atoms with Gasteiger partial charge in [0.05, 0.1) is 25.4 Å². The van der Waals surface area contributed by atoms with E-state index in [1.165, 1.54) is 20.3 Å². The number of aryl methyl sites for hydroxylation is 1. The van der Waals surface area contributed by atoms with Crippen molar-refractivity contribution in [1.29, 1.82) is 0 Å². The number of hydrogen-bond donors (Lipinski definition) is 2. The molecule has 0 aliphatic carbocycles. The van der Waals surface area contributed by atoms with E-state index >= 15 is 0 Å². The summed E-state index contributed by atoms with van der Waals surface area (Å²) in [5, 5.41) is 14.9. The summed E-state index contributed by atoms with van der Waals surface area (Å²) in [4.78, 5) is 28.2. The molecule has 152 valence electrons. The zero-order valence-corrected chi connectivity index (χ0v) is 16.6. The van der Waals surface area contributed by atoms with Gasteiger partial charge in [0, 0.05) is 22.7 Å². The molecule has 1 aromatic heterocycles. The maximum absolute atomic E-state index is 12.9. The average Bonchev–Trinajstić information content (AvgIpc) is 3.28. The van der Waals surface area contributed by atoms with E-state index in [-0.39, 0.29) is 5.56 Å². The second-order valence-electron chi connectivity index (χ2n) is 6.73. The van der Waals surface area contributed by atoms with Crippen LogP contribution in [0.1, 0.15) is 21.5 Å². The molecule has 0 saturated carbocycles. The van der Waals surface area contributed by atoms with E-state index in [2.05, 4.69) is 25.7 Å². The summed E-state index contributed by atoms with van der Waals surface area (Å²) in [7, 11) is 3.04. The Labute approximate surface area is 171 Å². The number of ether oxygens (including phenoxy) is 2. The average molecular weight is 405 g/mol. The third-order valence-electron chi connectivity index (χ3n) is 4.86. The first-order valence-electron chi connectivity index (χ1n) is 9.15. The minimum absolute atomic E-state index is 0.0114. The van der Waals surface area contributed by atoms with Crippen LogP contribution in [0.15, 0.2) is 56.6 Å². The van der Waals surface area contributed by atoms with Crippen molar-refractivity contribution in [2.24, 2.45) is 15.4 Å². The number of rotatable bonds is 5. The van der Waals surface area contributed by atoms with Crippen LogP contribution in [0.3, 0.4) is 0 Å². The highest BCUT2D eigenvalue weighted by Gasteiger charge is 2.16. The van der Waals surface area contributed by atoms with Crippen molar-refractivity contribution in [1.82, 2.24) is 4.98 Å². The van der Waals surface area contributed by atoms with Crippen LogP contribution in [-0.4, -0.2) is 37.4 Å². The first-order chi connectivity index (χ1) is 14.5. The number of aromatic nitrogens is 1. The summed E-state index contributed by atoms with van der Waals surface area (Å²) in [6.07, 6.45) is 0. The number of nitrogens with zero attached hydrogens (tertiary/aromatic N) is 3. The molecular formula is C21H19N5O4. The summed E-state index contributed by atoms with van der Waals surface area (Å²) in [5.41, 5.74) is 2.99. The van der Waals surface area contributed by atoms with Crippen LogP contribution in [-0.2, 0) is 0 Å². The lowest BCUT2D eigenvalue weighted by molar-refractivity contribution is 0.102. The molecule has 2 aromatic carbocycles. The highest BCUT2D eigenvalue weighted by Crippen LogP contribution is 2.31. The van der Waals surface area contributed by atoms with Gasteiger partial charge in [-0.05, 0) is 35.9 Å². The lowest BCUT2D eigenvalue weighted by Gasteiger charge is -2.12. The number of amides is 1. The monoisotopic (exact) mass is 405 g/mol. The van der Waals surface area contributed by atoms with E-state index in [9.17, 15) is 9.59 Å². The van der Waals surface area contributed by atoms with Gasteiger partial charge >= 0.3 is 0 Å². The molecule has 30 heavy (non-hydrogen) atoms. The van der Waals surface area contributed by atoms with E-state index < -0.39 is 11.5 Å². The van der Waals surface area contributed by atoms with Gasteiger partial charge in [-0.1, -0.05) is 12.1 Å². The molecule has 0 bridgehead atoms. The zero-order chi connectivity index (χ0) is 21.3. The Morgan fingerprint density at radius 1 is 1.10 bits per heavy atom. The van der Waals surface area contributed by atoms with Gasteiger partial charge in [-0.15, -0.1) is 5.10 Å². The molecule has 4 rings (SSSR count). The molecule has 2 heterocycles. The molecular weight excluding hydrogens is 386 g/mol. The molecule has 0 spiro atoms. The Balaban J connectivity index is 1.69. The highest BCUT2D eigenvalue weighted by molar-refractivity contribution is 6.08. The molecule has 1 aliphatic heterocycles. The SMILES string of the molecule is COc1cc2cc(C(=O)Nc3cc(C4=NN=NC4)ccc3C)c(=O)[nH]c2cc1OC. The number of carbonyl (C=O) groups is 1. The van der Waals surface area contributed by atoms with Crippen molar-refractivity contribution < 1.29 is 14.3 Å². The third-order valence-corrected chi connectivity index (χ3v) is 4.86.